The molecular formula is C27H17ClN2O8. The Labute approximate surface area is 219 Å². The Bertz CT molecular complexity index is 1570. The fourth-order valence-corrected chi connectivity index (χ4v) is 5.95. The van der Waals surface area contributed by atoms with Gasteiger partial charge < -0.3 is 9.47 Å². The Morgan fingerprint density at radius 3 is 2.18 bits per heavy atom. The number of benzene rings is 3. The fourth-order valence-electron chi connectivity index (χ4n) is 5.71. The SMILES string of the molecule is COc1cc([N+](=O)[O-])ccc1N1C(=O)[C@@H]2[C@@H](C1=O)C1(O[C@H]2c2ccccc2Cl)C(=O)c2ccccc2C1=O. The van der Waals surface area contributed by atoms with E-state index in [1.54, 1.807) is 36.4 Å². The third-order valence-corrected chi connectivity index (χ3v) is 7.69. The number of fused-ring (bicyclic) bond motifs is 3. The summed E-state index contributed by atoms with van der Waals surface area (Å²) in [4.78, 5) is 67.1. The number of amides is 2. The minimum atomic E-state index is -2.27. The van der Waals surface area contributed by atoms with Gasteiger partial charge in [0.15, 0.2) is 0 Å². The van der Waals surface area contributed by atoms with Crippen molar-refractivity contribution in [1.82, 2.24) is 0 Å². The number of carbonyl (C=O) groups excluding carboxylic acids is 4. The molecule has 0 saturated carbocycles. The lowest BCUT2D eigenvalue weighted by molar-refractivity contribution is -0.384. The van der Waals surface area contributed by atoms with Crippen LogP contribution in [0.5, 0.6) is 5.75 Å². The van der Waals surface area contributed by atoms with Crippen molar-refractivity contribution >= 4 is 46.4 Å². The predicted molar refractivity (Wildman–Crippen MR) is 132 cm³/mol. The Morgan fingerprint density at radius 2 is 1.58 bits per heavy atom. The maximum atomic E-state index is 14.0. The van der Waals surface area contributed by atoms with Gasteiger partial charge in [0.1, 0.15) is 5.75 Å². The number of hydrogen-bond donors (Lipinski definition) is 0. The van der Waals surface area contributed by atoms with Crippen LogP contribution in [0.25, 0.3) is 0 Å². The number of hydrogen-bond acceptors (Lipinski definition) is 8. The van der Waals surface area contributed by atoms with Crippen LogP contribution in [0, 0.1) is 22.0 Å². The summed E-state index contributed by atoms with van der Waals surface area (Å²) < 4.78 is 11.5. The van der Waals surface area contributed by atoms with Crippen LogP contribution < -0.4 is 9.64 Å². The molecule has 0 bridgehead atoms. The molecule has 1 aliphatic carbocycles. The summed E-state index contributed by atoms with van der Waals surface area (Å²) in [6, 6.07) is 16.1. The first-order valence-corrected chi connectivity index (χ1v) is 11.9. The van der Waals surface area contributed by atoms with Crippen LogP contribution in [-0.2, 0) is 14.3 Å². The van der Waals surface area contributed by atoms with Crippen LogP contribution in [-0.4, -0.2) is 41.0 Å². The third-order valence-electron chi connectivity index (χ3n) is 7.35. The molecule has 0 unspecified atom stereocenters. The van der Waals surface area contributed by atoms with Crippen molar-refractivity contribution in [3.63, 3.8) is 0 Å². The summed E-state index contributed by atoms with van der Waals surface area (Å²) in [6.45, 7) is 0. The summed E-state index contributed by atoms with van der Waals surface area (Å²) in [5.41, 5.74) is -2.09. The molecule has 6 rings (SSSR count). The third kappa shape index (κ3) is 2.98. The van der Waals surface area contributed by atoms with E-state index in [0.29, 0.717) is 5.56 Å². The first-order valence-electron chi connectivity index (χ1n) is 11.5. The molecule has 2 aliphatic heterocycles. The summed E-state index contributed by atoms with van der Waals surface area (Å²) in [5, 5.41) is 11.5. The molecule has 2 heterocycles. The van der Waals surface area contributed by atoms with Gasteiger partial charge >= 0.3 is 0 Å². The number of methoxy groups -OCH3 is 1. The number of non-ortho nitro benzene ring substituents is 1. The highest BCUT2D eigenvalue weighted by Crippen LogP contribution is 2.58. The molecule has 0 aromatic heterocycles. The molecule has 1 spiro atoms. The van der Waals surface area contributed by atoms with E-state index in [1.165, 1.54) is 25.3 Å². The van der Waals surface area contributed by atoms with Crippen molar-refractivity contribution in [2.24, 2.45) is 11.8 Å². The highest BCUT2D eigenvalue weighted by molar-refractivity contribution is 6.37. The van der Waals surface area contributed by atoms with Crippen molar-refractivity contribution in [3.8, 4) is 5.75 Å². The van der Waals surface area contributed by atoms with Crippen LogP contribution in [0.15, 0.2) is 66.7 Å². The number of nitrogens with zero attached hydrogens (tertiary/aromatic N) is 2. The molecule has 3 atom stereocenters. The molecule has 0 N–H and O–H groups in total. The number of Topliss-reactive ketones (excluding diaryl/α,β-unsaturated/α-hetero) is 2. The summed E-state index contributed by atoms with van der Waals surface area (Å²) in [6.07, 6.45) is -1.19. The van der Waals surface area contributed by atoms with Gasteiger partial charge in [-0.1, -0.05) is 54.1 Å². The van der Waals surface area contributed by atoms with E-state index in [-0.39, 0.29) is 33.3 Å². The van der Waals surface area contributed by atoms with E-state index in [9.17, 15) is 29.3 Å². The molecule has 2 amide bonds. The zero-order chi connectivity index (χ0) is 26.9. The molecule has 11 heteroatoms. The van der Waals surface area contributed by atoms with Crippen molar-refractivity contribution in [2.75, 3.05) is 12.0 Å². The lowest BCUT2D eigenvalue weighted by atomic mass is 9.77. The highest BCUT2D eigenvalue weighted by Gasteiger charge is 2.75. The Balaban J connectivity index is 1.55. The van der Waals surface area contributed by atoms with E-state index < -0.39 is 51.8 Å². The molecule has 38 heavy (non-hydrogen) atoms. The number of ketones is 2. The number of ether oxygens (including phenoxy) is 2. The van der Waals surface area contributed by atoms with E-state index >= 15 is 0 Å². The van der Waals surface area contributed by atoms with Gasteiger partial charge in [-0.15, -0.1) is 0 Å². The van der Waals surface area contributed by atoms with Gasteiger partial charge in [0, 0.05) is 27.8 Å². The van der Waals surface area contributed by atoms with Gasteiger partial charge in [-0.3, -0.25) is 29.3 Å². The zero-order valence-corrected chi connectivity index (χ0v) is 20.4. The number of nitro benzene ring substituents is 1. The van der Waals surface area contributed by atoms with Crippen molar-refractivity contribution < 1.29 is 33.6 Å². The van der Waals surface area contributed by atoms with Gasteiger partial charge in [0.05, 0.1) is 41.7 Å². The molecule has 10 nitrogen and oxygen atoms in total. The van der Waals surface area contributed by atoms with E-state index in [4.69, 9.17) is 21.1 Å². The highest BCUT2D eigenvalue weighted by atomic mass is 35.5. The van der Waals surface area contributed by atoms with Crippen molar-refractivity contribution in [2.45, 2.75) is 11.7 Å². The molecule has 3 aromatic carbocycles. The van der Waals surface area contributed by atoms with Crippen molar-refractivity contribution in [3.05, 3.63) is 98.6 Å². The van der Waals surface area contributed by atoms with Crippen molar-refractivity contribution in [1.29, 1.82) is 0 Å². The summed E-state index contributed by atoms with van der Waals surface area (Å²) >= 11 is 6.44. The predicted octanol–water partition coefficient (Wildman–Crippen LogP) is 3.95. The lowest BCUT2D eigenvalue weighted by Crippen LogP contribution is -2.51. The molecule has 2 saturated heterocycles. The summed E-state index contributed by atoms with van der Waals surface area (Å²) in [7, 11) is 1.24. The molecule has 3 aromatic rings. The Hall–Kier alpha value is -4.41. The maximum Gasteiger partial charge on any atom is 0.273 e. The average molecular weight is 533 g/mol. The zero-order valence-electron chi connectivity index (χ0n) is 19.6. The fraction of sp³-hybridized carbons (Fsp3) is 0.185. The number of carbonyl (C=O) groups is 4. The second kappa shape index (κ2) is 8.30. The van der Waals surface area contributed by atoms with Gasteiger partial charge in [-0.25, -0.2) is 4.90 Å². The quantitative estimate of drug-likeness (QED) is 0.213. The van der Waals surface area contributed by atoms with E-state index in [1.807, 2.05) is 0 Å². The standard InChI is InChI=1S/C27H17ClN2O8/c1-37-19-12-13(30(35)36)10-11-18(19)29-25(33)20-21(26(29)34)27(38-22(20)16-8-4-5-9-17(16)28)23(31)14-6-2-3-7-15(14)24(27)32/h2-12,20-22H,1H3/t20-,21+,22+/m1/s1. The number of halogens is 1. The van der Waals surface area contributed by atoms with Crippen LogP contribution in [0.3, 0.4) is 0 Å². The average Bonchev–Trinajstić information content (AvgIpc) is 3.48. The second-order valence-electron chi connectivity index (χ2n) is 9.13. The van der Waals surface area contributed by atoms with Crippen LogP contribution in [0.4, 0.5) is 11.4 Å². The Morgan fingerprint density at radius 1 is 0.947 bits per heavy atom. The monoisotopic (exact) mass is 532 g/mol. The topological polar surface area (TPSA) is 133 Å². The van der Waals surface area contributed by atoms with Crippen LogP contribution >= 0.6 is 11.6 Å². The first-order chi connectivity index (χ1) is 18.2. The smallest absolute Gasteiger partial charge is 0.273 e. The first kappa shape index (κ1) is 24.0. The molecule has 3 aliphatic rings. The lowest BCUT2D eigenvalue weighted by Gasteiger charge is -2.27. The molecular weight excluding hydrogens is 516 g/mol. The van der Waals surface area contributed by atoms with Crippen LogP contribution in [0.2, 0.25) is 5.02 Å². The normalized spacial score (nSPS) is 23.2. The molecule has 0 radical (unpaired) electrons. The molecule has 190 valence electrons. The number of nitro groups is 1. The van der Waals surface area contributed by atoms with Gasteiger partial charge in [0.25, 0.3) is 5.69 Å². The van der Waals surface area contributed by atoms with E-state index in [2.05, 4.69) is 0 Å². The maximum absolute atomic E-state index is 14.0. The van der Waals surface area contributed by atoms with Gasteiger partial charge in [0.2, 0.25) is 29.0 Å². The summed E-state index contributed by atoms with van der Waals surface area (Å²) in [5.74, 6) is -5.88. The largest absolute Gasteiger partial charge is 0.494 e. The van der Waals surface area contributed by atoms with Crippen LogP contribution in [0.1, 0.15) is 32.4 Å². The number of anilines is 1. The van der Waals surface area contributed by atoms with E-state index in [0.717, 1.165) is 17.0 Å². The number of imide groups is 1. The number of rotatable bonds is 4. The minimum absolute atomic E-state index is 0.0500. The second-order valence-corrected chi connectivity index (χ2v) is 9.54. The van der Waals surface area contributed by atoms with Gasteiger partial charge in [-0.05, 0) is 12.1 Å². The molecule has 2 fully saturated rings. The van der Waals surface area contributed by atoms with Gasteiger partial charge in [-0.2, -0.15) is 0 Å². The minimum Gasteiger partial charge on any atom is -0.494 e. The Kier molecular flexibility index (Phi) is 5.23.